The number of hydrogen-bond acceptors (Lipinski definition) is 4. The maximum absolute atomic E-state index is 13.4. The highest BCUT2D eigenvalue weighted by Gasteiger charge is 2.41. The van der Waals surface area contributed by atoms with Gasteiger partial charge in [0, 0.05) is 12.6 Å². The minimum Gasteiger partial charge on any atom is -0.352 e. The van der Waals surface area contributed by atoms with Crippen LogP contribution in [0.4, 0.5) is 15.0 Å². The molecule has 0 spiro atoms. The summed E-state index contributed by atoms with van der Waals surface area (Å²) in [6.45, 7) is 3.05. The summed E-state index contributed by atoms with van der Waals surface area (Å²) < 4.78 is 15.0. The third-order valence-corrected chi connectivity index (χ3v) is 6.37. The Bertz CT molecular complexity index is 1050. The Morgan fingerprint density at radius 3 is 2.77 bits per heavy atom. The largest absolute Gasteiger partial charge is 0.352 e. The van der Waals surface area contributed by atoms with Crippen LogP contribution in [-0.2, 0) is 4.79 Å². The Kier molecular flexibility index (Phi) is 4.95. The zero-order valence-corrected chi connectivity index (χ0v) is 17.4. The molecule has 5 rings (SSSR count). The van der Waals surface area contributed by atoms with E-state index in [0.717, 1.165) is 19.3 Å². The van der Waals surface area contributed by atoms with Gasteiger partial charge in [-0.2, -0.15) is 5.10 Å². The first-order valence-corrected chi connectivity index (χ1v) is 10.8. The van der Waals surface area contributed by atoms with Crippen LogP contribution in [0.2, 0.25) is 0 Å². The van der Waals surface area contributed by atoms with Crippen molar-refractivity contribution in [2.75, 3.05) is 24.5 Å². The van der Waals surface area contributed by atoms with Crippen LogP contribution < -0.4 is 10.2 Å². The first kappa shape index (κ1) is 19.7. The molecule has 3 amide bonds. The highest BCUT2D eigenvalue weighted by Crippen LogP contribution is 2.33. The molecule has 1 saturated carbocycles. The summed E-state index contributed by atoms with van der Waals surface area (Å²) in [6.07, 6.45) is 6.00. The van der Waals surface area contributed by atoms with E-state index in [4.69, 9.17) is 0 Å². The predicted octanol–water partition coefficient (Wildman–Crippen LogP) is 2.71. The molecular weight excluding hydrogens is 399 g/mol. The zero-order chi connectivity index (χ0) is 21.5. The zero-order valence-electron chi connectivity index (χ0n) is 17.4. The van der Waals surface area contributed by atoms with E-state index in [-0.39, 0.29) is 30.3 Å². The van der Waals surface area contributed by atoms with Gasteiger partial charge in [0.1, 0.15) is 18.2 Å². The number of amidine groups is 1. The molecule has 1 N–H and O–H groups in total. The Hall–Kier alpha value is -3.23. The molecule has 0 bridgehead atoms. The number of amides is 3. The molecule has 2 aliphatic heterocycles. The van der Waals surface area contributed by atoms with Gasteiger partial charge in [0.15, 0.2) is 5.82 Å². The second-order valence-electron chi connectivity index (χ2n) is 8.43. The van der Waals surface area contributed by atoms with Crippen LogP contribution >= 0.6 is 0 Å². The standard InChI is InChI=1S/C22H25FN6O2/c1-14-4-2-3-5-18(14)26-19(30)13-28-21-17(20-24-10-11-27(20)22(28)31)12-25-29(21)16-8-6-15(23)7-9-16/h6-9,12,14,18H,2-5,10-11,13H2,1H3,(H,26,30)/t14-,18-/m0/s1. The van der Waals surface area contributed by atoms with Crippen LogP contribution in [0.5, 0.6) is 0 Å². The summed E-state index contributed by atoms with van der Waals surface area (Å²) in [4.78, 5) is 33.8. The Morgan fingerprint density at radius 2 is 2.00 bits per heavy atom. The first-order valence-electron chi connectivity index (χ1n) is 10.8. The van der Waals surface area contributed by atoms with Crippen molar-refractivity contribution in [3.05, 3.63) is 41.8 Å². The van der Waals surface area contributed by atoms with Gasteiger partial charge in [0.25, 0.3) is 0 Å². The predicted molar refractivity (Wildman–Crippen MR) is 114 cm³/mol. The average Bonchev–Trinajstić information content (AvgIpc) is 3.41. The van der Waals surface area contributed by atoms with E-state index in [9.17, 15) is 14.0 Å². The maximum atomic E-state index is 13.4. The molecule has 1 aliphatic carbocycles. The van der Waals surface area contributed by atoms with Gasteiger partial charge in [0.2, 0.25) is 5.91 Å². The minimum atomic E-state index is -0.356. The monoisotopic (exact) mass is 424 g/mol. The molecule has 1 aromatic heterocycles. The first-order chi connectivity index (χ1) is 15.0. The van der Waals surface area contributed by atoms with Crippen LogP contribution in [0.3, 0.4) is 0 Å². The van der Waals surface area contributed by atoms with E-state index >= 15 is 0 Å². The number of aromatic nitrogens is 2. The Labute approximate surface area is 179 Å². The fourth-order valence-electron chi connectivity index (χ4n) is 4.70. The van der Waals surface area contributed by atoms with Crippen molar-refractivity contribution in [2.45, 2.75) is 38.6 Å². The number of halogens is 1. The number of benzene rings is 1. The lowest BCUT2D eigenvalue weighted by atomic mass is 9.86. The quantitative estimate of drug-likeness (QED) is 0.819. The molecule has 2 atom stereocenters. The van der Waals surface area contributed by atoms with Crippen LogP contribution in [0, 0.1) is 11.7 Å². The third kappa shape index (κ3) is 3.47. The summed E-state index contributed by atoms with van der Waals surface area (Å²) in [7, 11) is 0. The highest BCUT2D eigenvalue weighted by atomic mass is 19.1. The van der Waals surface area contributed by atoms with Crippen molar-refractivity contribution in [1.29, 1.82) is 0 Å². The molecule has 0 saturated heterocycles. The van der Waals surface area contributed by atoms with Crippen molar-refractivity contribution in [3.8, 4) is 5.69 Å². The number of nitrogens with zero attached hydrogens (tertiary/aromatic N) is 5. The van der Waals surface area contributed by atoms with Gasteiger partial charge in [-0.1, -0.05) is 19.8 Å². The minimum absolute atomic E-state index is 0.105. The van der Waals surface area contributed by atoms with Crippen molar-refractivity contribution in [3.63, 3.8) is 0 Å². The summed E-state index contributed by atoms with van der Waals surface area (Å²) >= 11 is 0. The Balaban J connectivity index is 1.48. The number of aliphatic imine (C=N–C) groups is 1. The number of carbonyl (C=O) groups excluding carboxylic acids is 2. The normalized spacial score (nSPS) is 22.8. The second kappa shape index (κ2) is 7.79. The van der Waals surface area contributed by atoms with E-state index in [1.54, 1.807) is 27.9 Å². The SMILES string of the molecule is C[C@H]1CCCC[C@@H]1NC(=O)CN1C(=O)N2CCN=C2c2cnn(-c3ccc(F)cc3)c21. The molecular formula is C22H25FN6O2. The average molecular weight is 424 g/mol. The molecule has 162 valence electrons. The lowest BCUT2D eigenvalue weighted by Gasteiger charge is -2.35. The molecule has 3 aliphatic rings. The van der Waals surface area contributed by atoms with Gasteiger partial charge < -0.3 is 5.32 Å². The van der Waals surface area contributed by atoms with Gasteiger partial charge >= 0.3 is 6.03 Å². The maximum Gasteiger partial charge on any atom is 0.331 e. The van der Waals surface area contributed by atoms with Crippen molar-refractivity contribution >= 4 is 23.6 Å². The fourth-order valence-corrected chi connectivity index (χ4v) is 4.70. The summed E-state index contributed by atoms with van der Waals surface area (Å²) in [5, 5.41) is 7.56. The fraction of sp³-hybridized carbons (Fsp3) is 0.455. The van der Waals surface area contributed by atoms with Gasteiger partial charge in [0.05, 0.1) is 24.0 Å². The van der Waals surface area contributed by atoms with E-state index in [0.29, 0.717) is 41.9 Å². The van der Waals surface area contributed by atoms with Crippen molar-refractivity contribution in [2.24, 2.45) is 10.9 Å². The Morgan fingerprint density at radius 1 is 1.23 bits per heavy atom. The van der Waals surface area contributed by atoms with E-state index in [1.165, 1.54) is 23.5 Å². The summed E-state index contributed by atoms with van der Waals surface area (Å²) in [5.41, 5.74) is 1.30. The summed E-state index contributed by atoms with van der Waals surface area (Å²) in [6, 6.07) is 5.71. The lowest BCUT2D eigenvalue weighted by Crippen LogP contribution is -2.54. The van der Waals surface area contributed by atoms with Crippen LogP contribution in [0.1, 0.15) is 38.2 Å². The highest BCUT2D eigenvalue weighted by molar-refractivity contribution is 6.20. The molecule has 8 nitrogen and oxygen atoms in total. The van der Waals surface area contributed by atoms with Crippen LogP contribution in [-0.4, -0.2) is 58.1 Å². The second-order valence-corrected chi connectivity index (χ2v) is 8.43. The lowest BCUT2D eigenvalue weighted by molar-refractivity contribution is -0.121. The molecule has 2 aromatic rings. The van der Waals surface area contributed by atoms with Gasteiger partial charge in [-0.25, -0.2) is 13.9 Å². The topological polar surface area (TPSA) is 82.8 Å². The number of nitrogens with one attached hydrogen (secondary N) is 1. The smallest absolute Gasteiger partial charge is 0.331 e. The van der Waals surface area contributed by atoms with Crippen LogP contribution in [0.25, 0.3) is 5.69 Å². The summed E-state index contributed by atoms with van der Waals surface area (Å²) in [5.74, 6) is 0.938. The number of hydrogen-bond donors (Lipinski definition) is 1. The molecule has 0 radical (unpaired) electrons. The molecule has 1 fully saturated rings. The van der Waals surface area contributed by atoms with Gasteiger partial charge in [-0.05, 0) is 43.0 Å². The number of carbonyl (C=O) groups is 2. The molecule has 31 heavy (non-hydrogen) atoms. The number of anilines is 1. The number of urea groups is 1. The third-order valence-electron chi connectivity index (χ3n) is 6.37. The molecule has 0 unspecified atom stereocenters. The number of fused-ring (bicyclic) bond motifs is 3. The van der Waals surface area contributed by atoms with Crippen LogP contribution in [0.15, 0.2) is 35.5 Å². The molecule has 1 aromatic carbocycles. The van der Waals surface area contributed by atoms with Gasteiger partial charge in [-0.15, -0.1) is 0 Å². The molecule has 9 heteroatoms. The number of rotatable bonds is 4. The van der Waals surface area contributed by atoms with Crippen molar-refractivity contribution < 1.29 is 14.0 Å². The van der Waals surface area contributed by atoms with Gasteiger partial charge in [-0.3, -0.25) is 19.6 Å². The van der Waals surface area contributed by atoms with Crippen molar-refractivity contribution in [1.82, 2.24) is 20.0 Å². The molecule has 3 heterocycles. The van der Waals surface area contributed by atoms with E-state index in [2.05, 4.69) is 22.3 Å². The van der Waals surface area contributed by atoms with E-state index < -0.39 is 0 Å². The van der Waals surface area contributed by atoms with E-state index in [1.807, 2.05) is 0 Å².